The third-order valence-corrected chi connectivity index (χ3v) is 5.58. The van der Waals surface area contributed by atoms with Gasteiger partial charge >= 0.3 is 0 Å². The maximum Gasteiger partial charge on any atom is 0.243 e. The standard InChI is InChI=1S/C15H22N2O4S/c1-3-4-15(18)16-13-6-5-12(2)14(11-13)22(19,20)17-7-9-21-10-8-17/h5-6,11H,3-4,7-10H2,1-2H3,(H,16,18). The Hall–Kier alpha value is -1.44. The Kier molecular flexibility index (Phi) is 5.55. The number of morpholine rings is 1. The van der Waals surface area contributed by atoms with Crippen LogP contribution in [0.3, 0.4) is 0 Å². The molecule has 1 aromatic rings. The monoisotopic (exact) mass is 326 g/mol. The van der Waals surface area contributed by atoms with E-state index >= 15 is 0 Å². The number of nitrogens with one attached hydrogen (secondary N) is 1. The lowest BCUT2D eigenvalue weighted by Crippen LogP contribution is -2.40. The number of anilines is 1. The highest BCUT2D eigenvalue weighted by Crippen LogP contribution is 2.24. The van der Waals surface area contributed by atoms with Crippen molar-refractivity contribution >= 4 is 21.6 Å². The molecule has 6 nitrogen and oxygen atoms in total. The molecular formula is C15H22N2O4S. The Morgan fingerprint density at radius 3 is 2.64 bits per heavy atom. The summed E-state index contributed by atoms with van der Waals surface area (Å²) < 4.78 is 32.1. The maximum absolute atomic E-state index is 12.7. The number of nitrogens with zero attached hydrogens (tertiary/aromatic N) is 1. The maximum atomic E-state index is 12.7. The molecule has 0 radical (unpaired) electrons. The molecule has 7 heteroatoms. The molecule has 1 heterocycles. The van der Waals surface area contributed by atoms with E-state index in [0.717, 1.165) is 6.42 Å². The molecule has 22 heavy (non-hydrogen) atoms. The number of amides is 1. The molecule has 0 aromatic heterocycles. The molecule has 0 saturated carbocycles. The topological polar surface area (TPSA) is 75.7 Å². The van der Waals surface area contributed by atoms with Crippen LogP contribution >= 0.6 is 0 Å². The normalized spacial score (nSPS) is 16.5. The van der Waals surface area contributed by atoms with Crippen LogP contribution in [-0.4, -0.2) is 44.9 Å². The van der Waals surface area contributed by atoms with Gasteiger partial charge in [-0.05, 0) is 31.0 Å². The zero-order chi connectivity index (χ0) is 16.2. The zero-order valence-electron chi connectivity index (χ0n) is 13.0. The minimum atomic E-state index is -3.56. The van der Waals surface area contributed by atoms with Gasteiger partial charge in [0.2, 0.25) is 15.9 Å². The second-order valence-corrected chi connectivity index (χ2v) is 7.20. The van der Waals surface area contributed by atoms with Gasteiger partial charge in [-0.15, -0.1) is 0 Å². The highest BCUT2D eigenvalue weighted by atomic mass is 32.2. The molecule has 1 aromatic carbocycles. The molecule has 1 aliphatic heterocycles. The fourth-order valence-electron chi connectivity index (χ4n) is 2.33. The first-order valence-electron chi connectivity index (χ1n) is 7.43. The minimum absolute atomic E-state index is 0.110. The van der Waals surface area contributed by atoms with E-state index in [4.69, 9.17) is 4.74 Å². The first-order chi connectivity index (χ1) is 10.4. The largest absolute Gasteiger partial charge is 0.379 e. The highest BCUT2D eigenvalue weighted by Gasteiger charge is 2.28. The number of ether oxygens (including phenoxy) is 1. The van der Waals surface area contributed by atoms with E-state index in [-0.39, 0.29) is 10.8 Å². The van der Waals surface area contributed by atoms with E-state index in [1.54, 1.807) is 19.1 Å². The molecule has 2 rings (SSSR count). The summed E-state index contributed by atoms with van der Waals surface area (Å²) in [4.78, 5) is 11.9. The lowest BCUT2D eigenvalue weighted by Gasteiger charge is -2.26. The first kappa shape index (κ1) is 16.9. The summed E-state index contributed by atoms with van der Waals surface area (Å²) in [5.41, 5.74) is 1.18. The van der Waals surface area contributed by atoms with Gasteiger partial charge in [0.05, 0.1) is 18.1 Å². The van der Waals surface area contributed by atoms with Gasteiger partial charge in [0.15, 0.2) is 0 Å². The van der Waals surface area contributed by atoms with Gasteiger partial charge < -0.3 is 10.1 Å². The molecule has 1 amide bonds. The molecule has 0 unspecified atom stereocenters. The van der Waals surface area contributed by atoms with Gasteiger partial charge in [0.1, 0.15) is 0 Å². The Balaban J connectivity index is 2.27. The molecule has 1 N–H and O–H groups in total. The van der Waals surface area contributed by atoms with Crippen LogP contribution in [0.4, 0.5) is 5.69 Å². The van der Waals surface area contributed by atoms with Crippen molar-refractivity contribution in [1.29, 1.82) is 0 Å². The zero-order valence-corrected chi connectivity index (χ0v) is 13.8. The van der Waals surface area contributed by atoms with Crippen LogP contribution in [0.1, 0.15) is 25.3 Å². The molecular weight excluding hydrogens is 304 g/mol. The van der Waals surface area contributed by atoms with Crippen molar-refractivity contribution in [3.05, 3.63) is 23.8 Å². The van der Waals surface area contributed by atoms with Gasteiger partial charge in [-0.3, -0.25) is 4.79 Å². The Morgan fingerprint density at radius 2 is 2.00 bits per heavy atom. The van der Waals surface area contributed by atoms with E-state index in [2.05, 4.69) is 5.32 Å². The van der Waals surface area contributed by atoms with Crippen LogP contribution in [0, 0.1) is 6.92 Å². The lowest BCUT2D eigenvalue weighted by molar-refractivity contribution is -0.116. The number of carbonyl (C=O) groups excluding carboxylic acids is 1. The number of aryl methyl sites for hydroxylation is 1. The number of hydrogen-bond donors (Lipinski definition) is 1. The SMILES string of the molecule is CCCC(=O)Nc1ccc(C)c(S(=O)(=O)N2CCOCC2)c1. The lowest BCUT2D eigenvalue weighted by atomic mass is 10.2. The van der Waals surface area contributed by atoms with Crippen molar-refractivity contribution in [3.63, 3.8) is 0 Å². The molecule has 1 saturated heterocycles. The predicted molar refractivity (Wildman–Crippen MR) is 84.3 cm³/mol. The van der Waals surface area contributed by atoms with Gasteiger partial charge in [-0.25, -0.2) is 8.42 Å². The molecule has 0 aliphatic carbocycles. The number of sulfonamides is 1. The average molecular weight is 326 g/mol. The molecule has 0 spiro atoms. The number of benzene rings is 1. The number of hydrogen-bond acceptors (Lipinski definition) is 4. The first-order valence-corrected chi connectivity index (χ1v) is 8.87. The smallest absolute Gasteiger partial charge is 0.243 e. The van der Waals surface area contributed by atoms with Gasteiger partial charge in [-0.2, -0.15) is 4.31 Å². The van der Waals surface area contributed by atoms with Crippen LogP contribution in [-0.2, 0) is 19.6 Å². The molecule has 0 bridgehead atoms. The Labute approximate surface area is 131 Å². The Bertz CT molecular complexity index is 637. The fraction of sp³-hybridized carbons (Fsp3) is 0.533. The molecule has 122 valence electrons. The van der Waals surface area contributed by atoms with E-state index in [1.165, 1.54) is 10.4 Å². The second-order valence-electron chi connectivity index (χ2n) is 5.29. The third kappa shape index (κ3) is 3.85. The molecule has 1 fully saturated rings. The van der Waals surface area contributed by atoms with Crippen molar-refractivity contribution in [3.8, 4) is 0 Å². The Morgan fingerprint density at radius 1 is 1.32 bits per heavy atom. The van der Waals surface area contributed by atoms with Crippen molar-refractivity contribution < 1.29 is 17.9 Å². The van der Waals surface area contributed by atoms with Crippen molar-refractivity contribution in [1.82, 2.24) is 4.31 Å². The van der Waals surface area contributed by atoms with Crippen LogP contribution < -0.4 is 5.32 Å². The van der Waals surface area contributed by atoms with Crippen molar-refractivity contribution in [2.24, 2.45) is 0 Å². The van der Waals surface area contributed by atoms with Crippen molar-refractivity contribution in [2.75, 3.05) is 31.6 Å². The minimum Gasteiger partial charge on any atom is -0.379 e. The van der Waals surface area contributed by atoms with Crippen LogP contribution in [0.15, 0.2) is 23.1 Å². The van der Waals surface area contributed by atoms with E-state index in [0.29, 0.717) is 44.0 Å². The van der Waals surface area contributed by atoms with Gasteiger partial charge in [0, 0.05) is 25.2 Å². The van der Waals surface area contributed by atoms with Gasteiger partial charge in [-0.1, -0.05) is 13.0 Å². The van der Waals surface area contributed by atoms with E-state index in [1.807, 2.05) is 6.92 Å². The van der Waals surface area contributed by atoms with Gasteiger partial charge in [0.25, 0.3) is 0 Å². The van der Waals surface area contributed by atoms with Crippen molar-refractivity contribution in [2.45, 2.75) is 31.6 Å². The summed E-state index contributed by atoms with van der Waals surface area (Å²) in [6.45, 7) is 5.20. The van der Waals surface area contributed by atoms with Crippen LogP contribution in [0.5, 0.6) is 0 Å². The summed E-state index contributed by atoms with van der Waals surface area (Å²) in [6, 6.07) is 4.98. The predicted octanol–water partition coefficient (Wildman–Crippen LogP) is 1.75. The summed E-state index contributed by atoms with van der Waals surface area (Å²) in [5, 5.41) is 2.74. The number of rotatable bonds is 5. The van der Waals surface area contributed by atoms with Crippen LogP contribution in [0.25, 0.3) is 0 Å². The summed E-state index contributed by atoms with van der Waals surface area (Å²) in [5.74, 6) is -0.110. The third-order valence-electron chi connectivity index (χ3n) is 3.54. The van der Waals surface area contributed by atoms with E-state index in [9.17, 15) is 13.2 Å². The summed E-state index contributed by atoms with van der Waals surface area (Å²) in [7, 11) is -3.56. The second kappa shape index (κ2) is 7.21. The average Bonchev–Trinajstić information content (AvgIpc) is 2.50. The molecule has 1 aliphatic rings. The van der Waals surface area contributed by atoms with Crippen LogP contribution in [0.2, 0.25) is 0 Å². The highest BCUT2D eigenvalue weighted by molar-refractivity contribution is 7.89. The fourth-order valence-corrected chi connectivity index (χ4v) is 3.99. The summed E-state index contributed by atoms with van der Waals surface area (Å²) in [6.07, 6.45) is 1.16. The number of carbonyl (C=O) groups is 1. The molecule has 0 atom stereocenters. The quantitative estimate of drug-likeness (QED) is 0.894. The van der Waals surface area contributed by atoms with E-state index < -0.39 is 10.0 Å². The summed E-state index contributed by atoms with van der Waals surface area (Å²) >= 11 is 0.